The normalized spacial score (nSPS) is 11.3. The summed E-state index contributed by atoms with van der Waals surface area (Å²) in [5, 5.41) is 0.0564. The SMILES string of the molecule is CCc1nc(Cl)nc(CC)c1-n1cccc2c(=O)n(-c3ccc(F)cc3Cl)c(=O)nc1-2. The van der Waals surface area contributed by atoms with Gasteiger partial charge in [0.2, 0.25) is 5.28 Å². The Balaban J connectivity index is 2.05. The molecule has 3 heterocycles. The Hall–Kier alpha value is -3.10. The highest BCUT2D eigenvalue weighted by Crippen LogP contribution is 2.26. The quantitative estimate of drug-likeness (QED) is 0.432. The van der Waals surface area contributed by atoms with Crippen molar-refractivity contribution in [2.45, 2.75) is 26.7 Å². The minimum Gasteiger partial charge on any atom is -0.297 e. The number of nitrogens with zero attached hydrogens (tertiary/aromatic N) is 5. The first-order valence-corrected chi connectivity index (χ1v) is 10.3. The zero-order chi connectivity index (χ0) is 22.3. The third kappa shape index (κ3) is 3.62. The smallest absolute Gasteiger partial charge is 0.297 e. The van der Waals surface area contributed by atoms with Crippen molar-refractivity contribution in [3.05, 3.63) is 84.9 Å². The third-order valence-electron chi connectivity index (χ3n) is 4.86. The maximum absolute atomic E-state index is 13.4. The first kappa shape index (κ1) is 21.1. The number of fused-ring (bicyclic) bond motifs is 1. The van der Waals surface area contributed by atoms with E-state index < -0.39 is 17.1 Å². The summed E-state index contributed by atoms with van der Waals surface area (Å²) in [5.74, 6) is -0.426. The van der Waals surface area contributed by atoms with Crippen molar-refractivity contribution in [3.63, 3.8) is 0 Å². The van der Waals surface area contributed by atoms with Gasteiger partial charge in [0.1, 0.15) is 5.82 Å². The van der Waals surface area contributed by atoms with Crippen LogP contribution in [0.25, 0.3) is 22.8 Å². The number of halogens is 3. The van der Waals surface area contributed by atoms with Gasteiger partial charge < -0.3 is 0 Å². The van der Waals surface area contributed by atoms with Gasteiger partial charge in [-0.2, -0.15) is 4.98 Å². The fraction of sp³-hybridized carbons (Fsp3) is 0.190. The first-order valence-electron chi connectivity index (χ1n) is 9.51. The molecule has 0 aliphatic carbocycles. The average molecular weight is 460 g/mol. The Labute approximate surface area is 186 Å². The lowest BCUT2D eigenvalue weighted by molar-refractivity contribution is 0.627. The summed E-state index contributed by atoms with van der Waals surface area (Å²) in [6.45, 7) is 3.84. The van der Waals surface area contributed by atoms with Crippen LogP contribution >= 0.6 is 23.2 Å². The lowest BCUT2D eigenvalue weighted by atomic mass is 10.1. The molecule has 10 heteroatoms. The molecule has 0 atom stereocenters. The van der Waals surface area contributed by atoms with Gasteiger partial charge in [0.05, 0.1) is 33.3 Å². The Bertz CT molecular complexity index is 1370. The lowest BCUT2D eigenvalue weighted by Crippen LogP contribution is -2.37. The zero-order valence-corrected chi connectivity index (χ0v) is 18.1. The molecule has 0 fully saturated rings. The number of hydrogen-bond acceptors (Lipinski definition) is 5. The molecule has 0 spiro atoms. The Kier molecular flexibility index (Phi) is 5.60. The number of aromatic nitrogens is 5. The molecule has 0 saturated heterocycles. The number of benzene rings is 1. The minimum atomic E-state index is -0.836. The van der Waals surface area contributed by atoms with Crippen LogP contribution in [0.15, 0.2) is 46.1 Å². The number of aryl methyl sites for hydroxylation is 2. The van der Waals surface area contributed by atoms with Crippen molar-refractivity contribution < 1.29 is 4.39 Å². The van der Waals surface area contributed by atoms with E-state index in [1.807, 2.05) is 13.8 Å². The van der Waals surface area contributed by atoms with Crippen molar-refractivity contribution >= 4 is 23.2 Å². The maximum atomic E-state index is 13.4. The van der Waals surface area contributed by atoms with Crippen molar-refractivity contribution in [2.75, 3.05) is 0 Å². The zero-order valence-electron chi connectivity index (χ0n) is 16.6. The largest absolute Gasteiger partial charge is 0.357 e. The average Bonchev–Trinajstić information content (AvgIpc) is 2.74. The molecule has 4 rings (SSSR count). The first-order chi connectivity index (χ1) is 14.8. The van der Waals surface area contributed by atoms with Crippen LogP contribution < -0.4 is 11.2 Å². The van der Waals surface area contributed by atoms with Gasteiger partial charge in [-0.05, 0) is 54.8 Å². The summed E-state index contributed by atoms with van der Waals surface area (Å²) >= 11 is 12.1. The van der Waals surface area contributed by atoms with Crippen LogP contribution in [-0.2, 0) is 12.8 Å². The van der Waals surface area contributed by atoms with Gasteiger partial charge in [-0.3, -0.25) is 9.36 Å². The monoisotopic (exact) mass is 459 g/mol. The molecular formula is C21H16Cl2FN5O2. The fourth-order valence-electron chi connectivity index (χ4n) is 3.48. The van der Waals surface area contributed by atoms with Gasteiger partial charge in [0.25, 0.3) is 5.56 Å². The Morgan fingerprint density at radius 1 is 1.00 bits per heavy atom. The highest BCUT2D eigenvalue weighted by Gasteiger charge is 2.23. The number of rotatable bonds is 4. The van der Waals surface area contributed by atoms with Crippen LogP contribution in [0.5, 0.6) is 0 Å². The molecule has 0 saturated carbocycles. The summed E-state index contributed by atoms with van der Waals surface area (Å²) < 4.78 is 15.9. The van der Waals surface area contributed by atoms with Crippen molar-refractivity contribution in [1.29, 1.82) is 0 Å². The number of pyridine rings is 1. The second-order valence-corrected chi connectivity index (χ2v) is 7.43. The molecule has 0 amide bonds. The van der Waals surface area contributed by atoms with E-state index in [-0.39, 0.29) is 27.4 Å². The van der Waals surface area contributed by atoms with E-state index in [2.05, 4.69) is 15.0 Å². The van der Waals surface area contributed by atoms with Crippen molar-refractivity contribution in [2.24, 2.45) is 0 Å². The molecular weight excluding hydrogens is 444 g/mol. The van der Waals surface area contributed by atoms with Crippen LogP contribution in [0.2, 0.25) is 10.3 Å². The van der Waals surface area contributed by atoms with Gasteiger partial charge in [-0.15, -0.1) is 0 Å². The molecule has 1 aromatic carbocycles. The highest BCUT2D eigenvalue weighted by molar-refractivity contribution is 6.32. The number of hydrogen-bond donors (Lipinski definition) is 0. The summed E-state index contributed by atoms with van der Waals surface area (Å²) in [6.07, 6.45) is 2.80. The molecule has 7 nitrogen and oxygen atoms in total. The van der Waals surface area contributed by atoms with Crippen LogP contribution in [0, 0.1) is 5.82 Å². The van der Waals surface area contributed by atoms with Crippen LogP contribution in [0.4, 0.5) is 4.39 Å². The summed E-state index contributed by atoms with van der Waals surface area (Å²) in [6, 6.07) is 6.64. The van der Waals surface area contributed by atoms with E-state index in [1.165, 1.54) is 6.07 Å². The molecule has 0 radical (unpaired) electrons. The molecule has 2 aliphatic heterocycles. The topological polar surface area (TPSA) is 82.7 Å². The van der Waals surface area contributed by atoms with Gasteiger partial charge in [0, 0.05) is 6.20 Å². The van der Waals surface area contributed by atoms with E-state index >= 15 is 0 Å². The molecule has 158 valence electrons. The van der Waals surface area contributed by atoms with Crippen molar-refractivity contribution in [3.8, 4) is 22.8 Å². The predicted octanol–water partition coefficient (Wildman–Crippen LogP) is 3.85. The van der Waals surface area contributed by atoms with Crippen LogP contribution in [0.1, 0.15) is 25.2 Å². The fourth-order valence-corrected chi connectivity index (χ4v) is 3.93. The van der Waals surface area contributed by atoms with E-state index in [4.69, 9.17) is 23.2 Å². The van der Waals surface area contributed by atoms with Gasteiger partial charge >= 0.3 is 5.69 Å². The third-order valence-corrected chi connectivity index (χ3v) is 5.33. The second-order valence-electron chi connectivity index (χ2n) is 6.69. The van der Waals surface area contributed by atoms with Gasteiger partial charge in [-0.25, -0.2) is 23.7 Å². The molecule has 0 N–H and O–H groups in total. The second kappa shape index (κ2) is 8.20. The van der Waals surface area contributed by atoms with Crippen molar-refractivity contribution in [1.82, 2.24) is 24.1 Å². The van der Waals surface area contributed by atoms with Crippen LogP contribution in [-0.4, -0.2) is 24.1 Å². The van der Waals surface area contributed by atoms with E-state index in [0.29, 0.717) is 29.9 Å². The summed E-state index contributed by atoms with van der Waals surface area (Å²) in [5.41, 5.74) is 0.732. The molecule has 0 unspecified atom stereocenters. The standard InChI is InChI=1S/C21H16Cl2FN5O2/c1-3-14-17(15(4-2)26-20(23)25-14)28-9-5-6-12-18(28)27-21(31)29(19(12)30)16-8-7-11(24)10-13(16)22/h5-10H,3-4H2,1-2H3. The molecule has 31 heavy (non-hydrogen) atoms. The Morgan fingerprint density at radius 3 is 2.29 bits per heavy atom. The molecule has 1 aromatic heterocycles. The lowest BCUT2D eigenvalue weighted by Gasteiger charge is -2.19. The van der Waals surface area contributed by atoms with Crippen LogP contribution in [0.3, 0.4) is 0 Å². The summed E-state index contributed by atoms with van der Waals surface area (Å²) in [4.78, 5) is 38.9. The van der Waals surface area contributed by atoms with Gasteiger partial charge in [-0.1, -0.05) is 25.4 Å². The predicted molar refractivity (Wildman–Crippen MR) is 116 cm³/mol. The molecule has 2 aromatic rings. The molecule has 2 aliphatic rings. The molecule has 0 bridgehead atoms. The van der Waals surface area contributed by atoms with E-state index in [9.17, 15) is 14.0 Å². The highest BCUT2D eigenvalue weighted by atomic mass is 35.5. The van der Waals surface area contributed by atoms with E-state index in [1.54, 1.807) is 22.9 Å². The summed E-state index contributed by atoms with van der Waals surface area (Å²) in [7, 11) is 0. The van der Waals surface area contributed by atoms with E-state index in [0.717, 1.165) is 16.7 Å². The Morgan fingerprint density at radius 2 is 1.68 bits per heavy atom. The maximum Gasteiger partial charge on any atom is 0.357 e. The minimum absolute atomic E-state index is 0.0567. The van der Waals surface area contributed by atoms with Gasteiger partial charge in [0.15, 0.2) is 5.82 Å².